The number of rotatable bonds is 6. The Bertz CT molecular complexity index is 491. The first-order valence-electron chi connectivity index (χ1n) is 5.65. The molecule has 0 saturated heterocycles. The van der Waals surface area contributed by atoms with Gasteiger partial charge in [-0.25, -0.2) is 9.59 Å². The minimum Gasteiger partial charge on any atom is -0.497 e. The topological polar surface area (TPSA) is 117 Å². The number of hydrogen-bond acceptors (Lipinski definition) is 5. The number of aliphatic hydroxyl groups excluding tert-OH is 1. The summed E-state index contributed by atoms with van der Waals surface area (Å²) >= 11 is 0. The second kappa shape index (κ2) is 7.19. The zero-order valence-electron chi connectivity index (χ0n) is 11.0. The monoisotopic (exact) mass is 284 g/mol. The summed E-state index contributed by atoms with van der Waals surface area (Å²) in [6.07, 6.45) is 0. The molecule has 0 radical (unpaired) electrons. The van der Waals surface area contributed by atoms with E-state index in [1.807, 2.05) is 0 Å². The average Bonchev–Trinajstić information content (AvgIpc) is 2.44. The molecule has 110 valence electrons. The third kappa shape index (κ3) is 4.02. The molecule has 1 rings (SSSR count). The van der Waals surface area contributed by atoms with Crippen LogP contribution in [0.2, 0.25) is 0 Å². The van der Waals surface area contributed by atoms with Crippen LogP contribution in [-0.2, 0) is 4.79 Å². The number of anilines is 1. The maximum Gasteiger partial charge on any atom is 0.328 e. The number of benzene rings is 1. The molecule has 0 bridgehead atoms. The van der Waals surface area contributed by atoms with Crippen molar-refractivity contribution in [1.82, 2.24) is 5.32 Å². The first-order valence-corrected chi connectivity index (χ1v) is 5.65. The van der Waals surface area contributed by atoms with Crippen LogP contribution in [0.15, 0.2) is 18.2 Å². The van der Waals surface area contributed by atoms with Gasteiger partial charge in [-0.15, -0.1) is 0 Å². The third-order valence-electron chi connectivity index (χ3n) is 2.44. The Labute approximate surface area is 115 Å². The molecule has 1 unspecified atom stereocenters. The predicted molar refractivity (Wildman–Crippen MR) is 70.2 cm³/mol. The normalized spacial score (nSPS) is 11.3. The standard InChI is InChI=1S/C12H16N2O6/c1-19-7-3-4-10(20-2)8(5-7)13-12(18)14-9(6-15)11(16)17/h3-5,9,15H,6H2,1-2H3,(H,16,17)(H2,13,14,18). The third-order valence-corrected chi connectivity index (χ3v) is 2.44. The van der Waals surface area contributed by atoms with E-state index in [-0.39, 0.29) is 0 Å². The molecule has 0 saturated carbocycles. The highest BCUT2D eigenvalue weighted by molar-refractivity contribution is 5.93. The molecule has 20 heavy (non-hydrogen) atoms. The van der Waals surface area contributed by atoms with E-state index in [2.05, 4.69) is 10.6 Å². The summed E-state index contributed by atoms with van der Waals surface area (Å²) in [5, 5.41) is 22.1. The van der Waals surface area contributed by atoms with Crippen LogP contribution in [0.25, 0.3) is 0 Å². The van der Waals surface area contributed by atoms with Crippen molar-refractivity contribution in [2.75, 3.05) is 26.1 Å². The van der Waals surface area contributed by atoms with Gasteiger partial charge in [-0.2, -0.15) is 0 Å². The number of hydrogen-bond donors (Lipinski definition) is 4. The van der Waals surface area contributed by atoms with Crippen molar-refractivity contribution in [2.24, 2.45) is 0 Å². The molecule has 2 amide bonds. The smallest absolute Gasteiger partial charge is 0.328 e. The lowest BCUT2D eigenvalue weighted by molar-refractivity contribution is -0.140. The fraction of sp³-hybridized carbons (Fsp3) is 0.333. The highest BCUT2D eigenvalue weighted by atomic mass is 16.5. The van der Waals surface area contributed by atoms with Crippen molar-refractivity contribution in [3.8, 4) is 11.5 Å². The van der Waals surface area contributed by atoms with E-state index < -0.39 is 24.6 Å². The number of nitrogens with one attached hydrogen (secondary N) is 2. The quantitative estimate of drug-likeness (QED) is 0.595. The second-order valence-electron chi connectivity index (χ2n) is 3.74. The first kappa shape index (κ1) is 15.6. The number of aliphatic carboxylic acids is 1. The number of methoxy groups -OCH3 is 2. The number of carbonyl (C=O) groups excluding carboxylic acids is 1. The van der Waals surface area contributed by atoms with Crippen molar-refractivity contribution in [2.45, 2.75) is 6.04 Å². The van der Waals surface area contributed by atoms with Crippen LogP contribution in [0, 0.1) is 0 Å². The molecule has 0 aliphatic carbocycles. The van der Waals surface area contributed by atoms with E-state index in [1.54, 1.807) is 12.1 Å². The number of urea groups is 1. The summed E-state index contributed by atoms with van der Waals surface area (Å²) in [6, 6.07) is 2.60. The predicted octanol–water partition coefficient (Wildman–Crippen LogP) is 0.271. The Morgan fingerprint density at radius 2 is 2.00 bits per heavy atom. The van der Waals surface area contributed by atoms with Crippen LogP contribution in [0.3, 0.4) is 0 Å². The minimum absolute atomic E-state index is 0.312. The van der Waals surface area contributed by atoms with Gasteiger partial charge in [0.25, 0.3) is 0 Å². The van der Waals surface area contributed by atoms with Crippen LogP contribution in [0.5, 0.6) is 11.5 Å². The SMILES string of the molecule is COc1ccc(OC)c(NC(=O)NC(CO)C(=O)O)c1. The van der Waals surface area contributed by atoms with Gasteiger partial charge in [0, 0.05) is 6.07 Å². The summed E-state index contributed by atoms with van der Waals surface area (Å²) in [5.74, 6) is -0.449. The number of amides is 2. The van der Waals surface area contributed by atoms with Gasteiger partial charge in [0.1, 0.15) is 11.5 Å². The maximum atomic E-state index is 11.7. The van der Waals surface area contributed by atoms with Gasteiger partial charge in [0.2, 0.25) is 0 Å². The lowest BCUT2D eigenvalue weighted by Crippen LogP contribution is -2.45. The molecular formula is C12H16N2O6. The minimum atomic E-state index is -1.38. The van der Waals surface area contributed by atoms with Crippen molar-refractivity contribution < 1.29 is 29.3 Å². The van der Waals surface area contributed by atoms with E-state index in [4.69, 9.17) is 19.7 Å². The zero-order chi connectivity index (χ0) is 15.1. The Morgan fingerprint density at radius 1 is 1.30 bits per heavy atom. The fourth-order valence-corrected chi connectivity index (χ4v) is 1.41. The van der Waals surface area contributed by atoms with Gasteiger partial charge in [-0.05, 0) is 12.1 Å². The molecule has 1 aromatic carbocycles. The van der Waals surface area contributed by atoms with E-state index in [9.17, 15) is 9.59 Å². The maximum absolute atomic E-state index is 11.7. The van der Waals surface area contributed by atoms with Crippen LogP contribution >= 0.6 is 0 Å². The molecule has 8 heteroatoms. The largest absolute Gasteiger partial charge is 0.497 e. The van der Waals surface area contributed by atoms with Crippen molar-refractivity contribution >= 4 is 17.7 Å². The molecule has 0 fully saturated rings. The Kier molecular flexibility index (Phi) is 5.60. The lowest BCUT2D eigenvalue weighted by Gasteiger charge is -2.15. The van der Waals surface area contributed by atoms with Gasteiger partial charge in [0.15, 0.2) is 6.04 Å². The fourth-order valence-electron chi connectivity index (χ4n) is 1.41. The molecule has 1 aromatic rings. The molecule has 4 N–H and O–H groups in total. The number of carboxylic acid groups (broad SMARTS) is 1. The number of carbonyl (C=O) groups is 2. The Hall–Kier alpha value is -2.48. The van der Waals surface area contributed by atoms with Crippen LogP contribution < -0.4 is 20.1 Å². The molecule has 0 heterocycles. The summed E-state index contributed by atoms with van der Waals surface area (Å²) in [6.45, 7) is -0.710. The van der Waals surface area contributed by atoms with Gasteiger partial charge < -0.3 is 30.3 Å². The van der Waals surface area contributed by atoms with Gasteiger partial charge >= 0.3 is 12.0 Å². The molecule has 8 nitrogen and oxygen atoms in total. The van der Waals surface area contributed by atoms with Gasteiger partial charge in [-0.3, -0.25) is 0 Å². The van der Waals surface area contributed by atoms with Crippen molar-refractivity contribution in [3.05, 3.63) is 18.2 Å². The highest BCUT2D eigenvalue weighted by Gasteiger charge is 2.19. The number of ether oxygens (including phenoxy) is 2. The molecule has 0 spiro atoms. The van der Waals surface area contributed by atoms with E-state index >= 15 is 0 Å². The summed E-state index contributed by atoms with van der Waals surface area (Å²) in [5.41, 5.74) is 0.312. The average molecular weight is 284 g/mol. The highest BCUT2D eigenvalue weighted by Crippen LogP contribution is 2.28. The van der Waals surface area contributed by atoms with Crippen LogP contribution in [0.4, 0.5) is 10.5 Å². The molecule has 0 aromatic heterocycles. The summed E-state index contributed by atoms with van der Waals surface area (Å²) in [4.78, 5) is 22.4. The van der Waals surface area contributed by atoms with Gasteiger partial charge in [-0.1, -0.05) is 0 Å². The Morgan fingerprint density at radius 3 is 2.50 bits per heavy atom. The number of aliphatic hydroxyl groups is 1. The summed E-state index contributed by atoms with van der Waals surface area (Å²) < 4.78 is 10.1. The summed E-state index contributed by atoms with van der Waals surface area (Å²) in [7, 11) is 2.90. The van der Waals surface area contributed by atoms with Gasteiger partial charge in [0.05, 0.1) is 26.5 Å². The Balaban J connectivity index is 2.81. The van der Waals surface area contributed by atoms with Crippen LogP contribution in [-0.4, -0.2) is 49.1 Å². The molecule has 0 aliphatic rings. The van der Waals surface area contributed by atoms with Crippen molar-refractivity contribution in [3.63, 3.8) is 0 Å². The lowest BCUT2D eigenvalue weighted by atomic mass is 10.2. The second-order valence-corrected chi connectivity index (χ2v) is 3.74. The van der Waals surface area contributed by atoms with Crippen LogP contribution in [0.1, 0.15) is 0 Å². The zero-order valence-corrected chi connectivity index (χ0v) is 11.0. The first-order chi connectivity index (χ1) is 9.51. The van der Waals surface area contributed by atoms with E-state index in [0.29, 0.717) is 17.2 Å². The van der Waals surface area contributed by atoms with E-state index in [0.717, 1.165) is 0 Å². The number of carboxylic acids is 1. The molecule has 0 aliphatic heterocycles. The molecular weight excluding hydrogens is 268 g/mol. The molecule has 1 atom stereocenters. The van der Waals surface area contributed by atoms with E-state index in [1.165, 1.54) is 20.3 Å². The van der Waals surface area contributed by atoms with Crippen molar-refractivity contribution in [1.29, 1.82) is 0 Å².